The third kappa shape index (κ3) is 2.74. The lowest BCUT2D eigenvalue weighted by Crippen LogP contribution is -2.25. The molecule has 0 aliphatic carbocycles. The Labute approximate surface area is 142 Å². The van der Waals surface area contributed by atoms with Gasteiger partial charge in [-0.05, 0) is 25.0 Å². The first-order valence-electron chi connectivity index (χ1n) is 8.17. The quantitative estimate of drug-likeness (QED) is 0.648. The van der Waals surface area contributed by atoms with Crippen molar-refractivity contribution in [1.82, 2.24) is 9.97 Å². The molecule has 130 valence electrons. The molecule has 3 heterocycles. The van der Waals surface area contributed by atoms with Crippen LogP contribution >= 0.6 is 0 Å². The molecule has 1 fully saturated rings. The van der Waals surface area contributed by atoms with Crippen LogP contribution in [0.2, 0.25) is 0 Å². The van der Waals surface area contributed by atoms with Crippen molar-refractivity contribution in [2.24, 2.45) is 0 Å². The van der Waals surface area contributed by atoms with E-state index in [1.165, 1.54) is 6.08 Å². The van der Waals surface area contributed by atoms with E-state index in [1.54, 1.807) is 12.1 Å². The summed E-state index contributed by atoms with van der Waals surface area (Å²) in [6, 6.07) is 7.24. The first kappa shape index (κ1) is 16.0. The Morgan fingerprint density at radius 3 is 2.76 bits per heavy atom. The van der Waals surface area contributed by atoms with Crippen LogP contribution < -0.4 is 4.90 Å². The topological polar surface area (TPSA) is 51.4 Å². The zero-order valence-electron chi connectivity index (χ0n) is 13.5. The van der Waals surface area contributed by atoms with Crippen LogP contribution in [0.5, 0.6) is 0 Å². The fourth-order valence-corrected chi connectivity index (χ4v) is 3.08. The number of hydrogen-bond acceptors (Lipinski definition) is 5. The van der Waals surface area contributed by atoms with Crippen LogP contribution in [0.15, 0.2) is 41.3 Å². The second-order valence-electron chi connectivity index (χ2n) is 5.96. The Hall–Kier alpha value is -2.54. The second-order valence-corrected chi connectivity index (χ2v) is 5.96. The van der Waals surface area contributed by atoms with E-state index >= 15 is 0 Å². The zero-order chi connectivity index (χ0) is 17.4. The maximum Gasteiger partial charge on any atom is 0.418 e. The third-order valence-electron chi connectivity index (χ3n) is 4.25. The maximum atomic E-state index is 14.4. The first-order chi connectivity index (χ1) is 12.1. The molecule has 1 aliphatic rings. The average molecular weight is 345 g/mol. The fourth-order valence-electron chi connectivity index (χ4n) is 3.08. The summed E-state index contributed by atoms with van der Waals surface area (Å²) in [5.41, 5.74) is 1.41. The van der Waals surface area contributed by atoms with E-state index < -0.39 is 11.9 Å². The Bertz CT molecular complexity index is 933. The van der Waals surface area contributed by atoms with Gasteiger partial charge in [-0.3, -0.25) is 0 Å². The van der Waals surface area contributed by atoms with Crippen molar-refractivity contribution >= 4 is 27.9 Å². The van der Waals surface area contributed by atoms with Crippen molar-refractivity contribution < 1.29 is 17.9 Å². The molecule has 5 nitrogen and oxygen atoms in total. The number of furan rings is 1. The predicted octanol–water partition coefficient (Wildman–Crippen LogP) is 4.23. The molecule has 1 saturated heterocycles. The Morgan fingerprint density at radius 1 is 1.24 bits per heavy atom. The molecule has 1 aliphatic heterocycles. The highest BCUT2D eigenvalue weighted by Crippen LogP contribution is 2.37. The van der Waals surface area contributed by atoms with E-state index in [1.807, 2.05) is 17.0 Å². The molecule has 25 heavy (non-hydrogen) atoms. The van der Waals surface area contributed by atoms with E-state index in [-0.39, 0.29) is 6.61 Å². The highest BCUT2D eigenvalue weighted by molar-refractivity contribution is 6.05. The summed E-state index contributed by atoms with van der Waals surface area (Å²) >= 11 is 0. The number of fused-ring (bicyclic) bond motifs is 3. The monoisotopic (exact) mass is 345 g/mol. The molecule has 4 rings (SSSR count). The summed E-state index contributed by atoms with van der Waals surface area (Å²) in [5, 5.41) is 0.682. The Morgan fingerprint density at radius 2 is 2.00 bits per heavy atom. The molecule has 0 bridgehead atoms. The van der Waals surface area contributed by atoms with E-state index in [0.717, 1.165) is 25.9 Å². The Balaban J connectivity index is 1.95. The number of ether oxygens (including phenoxy) is 1. The standard InChI is InChI=1S/C18H17F2N3O2/c1-2-11-24-18(19,20)17-21-14-12-7-3-4-8-13(12)25-15(14)16(22-17)23-9-5-6-10-23/h2-4,7-8H,1,5-6,9-11H2. The molecule has 2 aromatic heterocycles. The molecular formula is C18H17F2N3O2. The molecule has 0 saturated carbocycles. The van der Waals surface area contributed by atoms with Crippen LogP contribution in [0.1, 0.15) is 18.7 Å². The minimum atomic E-state index is -3.60. The lowest BCUT2D eigenvalue weighted by atomic mass is 10.2. The van der Waals surface area contributed by atoms with Gasteiger partial charge in [-0.2, -0.15) is 8.78 Å². The van der Waals surface area contributed by atoms with Crippen molar-refractivity contribution in [3.05, 3.63) is 42.7 Å². The van der Waals surface area contributed by atoms with Gasteiger partial charge in [-0.25, -0.2) is 9.97 Å². The van der Waals surface area contributed by atoms with Crippen LogP contribution in [0, 0.1) is 0 Å². The number of alkyl halides is 2. The van der Waals surface area contributed by atoms with Gasteiger partial charge in [0, 0.05) is 18.5 Å². The van der Waals surface area contributed by atoms with Crippen LogP contribution in [-0.4, -0.2) is 29.7 Å². The number of aromatic nitrogens is 2. The fraction of sp³-hybridized carbons (Fsp3) is 0.333. The highest BCUT2D eigenvalue weighted by atomic mass is 19.3. The second kappa shape index (κ2) is 6.07. The van der Waals surface area contributed by atoms with Crippen molar-refractivity contribution in [3.63, 3.8) is 0 Å². The number of para-hydroxylation sites is 1. The summed E-state index contributed by atoms with van der Waals surface area (Å²) in [4.78, 5) is 10.2. The first-order valence-corrected chi connectivity index (χ1v) is 8.17. The van der Waals surface area contributed by atoms with Gasteiger partial charge in [0.05, 0.1) is 6.61 Å². The minimum absolute atomic E-state index is 0.292. The molecule has 7 heteroatoms. The number of halogens is 2. The summed E-state index contributed by atoms with van der Waals surface area (Å²) in [5.74, 6) is -0.258. The van der Waals surface area contributed by atoms with Gasteiger partial charge in [-0.1, -0.05) is 18.2 Å². The zero-order valence-corrected chi connectivity index (χ0v) is 13.5. The van der Waals surface area contributed by atoms with Gasteiger partial charge in [-0.15, -0.1) is 6.58 Å². The lowest BCUT2D eigenvalue weighted by molar-refractivity contribution is -0.247. The van der Waals surface area contributed by atoms with Gasteiger partial charge >= 0.3 is 6.11 Å². The van der Waals surface area contributed by atoms with Gasteiger partial charge in [0.2, 0.25) is 5.82 Å². The summed E-state index contributed by atoms with van der Waals surface area (Å²) in [6.07, 6.45) is -0.356. The number of anilines is 1. The van der Waals surface area contributed by atoms with Crippen molar-refractivity contribution in [2.75, 3.05) is 24.6 Å². The van der Waals surface area contributed by atoms with Crippen LogP contribution in [0.25, 0.3) is 22.1 Å². The number of rotatable bonds is 5. The summed E-state index contributed by atoms with van der Waals surface area (Å²) in [7, 11) is 0. The maximum absolute atomic E-state index is 14.4. The number of benzene rings is 1. The van der Waals surface area contributed by atoms with Crippen LogP contribution in [-0.2, 0) is 10.8 Å². The normalized spacial score (nSPS) is 15.4. The SMILES string of the molecule is C=CCOC(F)(F)c1nc(N2CCCC2)c2oc3ccccc3c2n1. The molecule has 0 N–H and O–H groups in total. The molecule has 1 aromatic carbocycles. The minimum Gasteiger partial charge on any atom is -0.450 e. The van der Waals surface area contributed by atoms with E-state index in [9.17, 15) is 8.78 Å². The van der Waals surface area contributed by atoms with E-state index in [0.29, 0.717) is 27.9 Å². The van der Waals surface area contributed by atoms with Gasteiger partial charge in [0.15, 0.2) is 11.4 Å². The molecule has 0 radical (unpaired) electrons. The van der Waals surface area contributed by atoms with Crippen molar-refractivity contribution in [3.8, 4) is 0 Å². The van der Waals surface area contributed by atoms with Gasteiger partial charge in [0.25, 0.3) is 0 Å². The summed E-state index contributed by atoms with van der Waals surface area (Å²) < 4.78 is 39.3. The molecule has 0 atom stereocenters. The molecule has 3 aromatic rings. The third-order valence-corrected chi connectivity index (χ3v) is 4.25. The molecule has 0 spiro atoms. The van der Waals surface area contributed by atoms with Gasteiger partial charge in [0.1, 0.15) is 11.1 Å². The smallest absolute Gasteiger partial charge is 0.418 e. The highest BCUT2D eigenvalue weighted by Gasteiger charge is 2.38. The molecular weight excluding hydrogens is 328 g/mol. The van der Waals surface area contributed by atoms with Crippen molar-refractivity contribution in [1.29, 1.82) is 0 Å². The van der Waals surface area contributed by atoms with Crippen molar-refractivity contribution in [2.45, 2.75) is 19.0 Å². The largest absolute Gasteiger partial charge is 0.450 e. The lowest BCUT2D eigenvalue weighted by Gasteiger charge is -2.19. The van der Waals surface area contributed by atoms with E-state index in [4.69, 9.17) is 4.42 Å². The number of nitrogens with zero attached hydrogens (tertiary/aromatic N) is 3. The summed E-state index contributed by atoms with van der Waals surface area (Å²) in [6.45, 7) is 4.61. The Kier molecular flexibility index (Phi) is 3.88. The number of hydrogen-bond donors (Lipinski definition) is 0. The van der Waals surface area contributed by atoms with Crippen LogP contribution in [0.3, 0.4) is 0 Å². The van der Waals surface area contributed by atoms with E-state index in [2.05, 4.69) is 21.3 Å². The molecule has 0 unspecified atom stereocenters. The van der Waals surface area contributed by atoms with Crippen LogP contribution in [0.4, 0.5) is 14.6 Å². The molecule has 0 amide bonds. The predicted molar refractivity (Wildman–Crippen MR) is 90.8 cm³/mol. The average Bonchev–Trinajstić information content (AvgIpc) is 3.26. The van der Waals surface area contributed by atoms with Gasteiger partial charge < -0.3 is 14.1 Å².